The van der Waals surface area contributed by atoms with Gasteiger partial charge in [-0.2, -0.15) is 0 Å². The van der Waals surface area contributed by atoms with Crippen molar-refractivity contribution in [1.82, 2.24) is 10.2 Å². The van der Waals surface area contributed by atoms with Crippen molar-refractivity contribution < 1.29 is 14.2 Å². The molecule has 0 unspecified atom stereocenters. The number of rotatable bonds is 10. The summed E-state index contributed by atoms with van der Waals surface area (Å²) < 4.78 is 16.7. The van der Waals surface area contributed by atoms with Gasteiger partial charge in [0, 0.05) is 45.0 Å². The van der Waals surface area contributed by atoms with Crippen molar-refractivity contribution in [3.05, 3.63) is 29.3 Å². The molecule has 0 radical (unpaired) electrons. The Balaban J connectivity index is 0.00000392. The Morgan fingerprint density at radius 3 is 2.71 bits per heavy atom. The van der Waals surface area contributed by atoms with Crippen LogP contribution in [0.5, 0.6) is 5.75 Å². The van der Waals surface area contributed by atoms with Crippen LogP contribution in [0.1, 0.15) is 26.2 Å². The summed E-state index contributed by atoms with van der Waals surface area (Å²) in [5.74, 6) is 1.72. The summed E-state index contributed by atoms with van der Waals surface area (Å²) >= 11 is 5.97. The Hall–Kier alpha value is -0.770. The highest BCUT2D eigenvalue weighted by Crippen LogP contribution is 2.17. The van der Waals surface area contributed by atoms with Crippen LogP contribution in [0, 0.1) is 0 Å². The molecule has 1 N–H and O–H groups in total. The fourth-order valence-electron chi connectivity index (χ4n) is 2.99. The first-order valence-electron chi connectivity index (χ1n) is 9.75. The number of nitrogens with one attached hydrogen (secondary N) is 1. The highest BCUT2D eigenvalue weighted by Gasteiger charge is 2.21. The summed E-state index contributed by atoms with van der Waals surface area (Å²) in [6.07, 6.45) is 3.34. The Bertz CT molecular complexity index is 569. The standard InChI is InChI=1S/C20H32ClN3O3.HI/c1-3-22-20(23-10-15-27-19-7-4-6-17(21)16-19)24-11-8-18(9-12-24)26-14-5-13-25-2;/h4,6-7,16,18H,3,5,8-15H2,1-2H3,(H,22,23);1H. The first-order chi connectivity index (χ1) is 13.2. The third-order valence-electron chi connectivity index (χ3n) is 4.34. The number of aliphatic imine (C=N–C) groups is 1. The van der Waals surface area contributed by atoms with E-state index in [1.54, 1.807) is 7.11 Å². The van der Waals surface area contributed by atoms with Gasteiger partial charge >= 0.3 is 0 Å². The molecule has 1 saturated heterocycles. The smallest absolute Gasteiger partial charge is 0.194 e. The van der Waals surface area contributed by atoms with E-state index in [0.717, 1.165) is 63.8 Å². The Kier molecular flexibility index (Phi) is 13.6. The van der Waals surface area contributed by atoms with E-state index in [2.05, 4.69) is 17.1 Å². The molecule has 0 amide bonds. The second-order valence-electron chi connectivity index (χ2n) is 6.45. The van der Waals surface area contributed by atoms with Crippen molar-refractivity contribution >= 4 is 41.5 Å². The molecule has 0 aromatic heterocycles. The minimum atomic E-state index is 0. The molecule has 6 nitrogen and oxygen atoms in total. The van der Waals surface area contributed by atoms with Crippen LogP contribution >= 0.6 is 35.6 Å². The van der Waals surface area contributed by atoms with Crippen molar-refractivity contribution in [3.8, 4) is 5.75 Å². The van der Waals surface area contributed by atoms with E-state index in [0.29, 0.717) is 24.3 Å². The van der Waals surface area contributed by atoms with E-state index < -0.39 is 0 Å². The molecule has 1 aromatic carbocycles. The molecule has 1 fully saturated rings. The van der Waals surface area contributed by atoms with Crippen molar-refractivity contribution in [3.63, 3.8) is 0 Å². The van der Waals surface area contributed by atoms with E-state index in [9.17, 15) is 0 Å². The number of ether oxygens (including phenoxy) is 3. The molecule has 0 atom stereocenters. The van der Waals surface area contributed by atoms with Gasteiger partial charge in [-0.15, -0.1) is 24.0 Å². The molecular formula is C20H33ClIN3O3. The Morgan fingerprint density at radius 1 is 1.25 bits per heavy atom. The molecule has 0 bridgehead atoms. The van der Waals surface area contributed by atoms with E-state index >= 15 is 0 Å². The summed E-state index contributed by atoms with van der Waals surface area (Å²) in [5.41, 5.74) is 0. The number of hydrogen-bond donors (Lipinski definition) is 1. The maximum atomic E-state index is 5.97. The largest absolute Gasteiger partial charge is 0.492 e. The minimum absolute atomic E-state index is 0. The first kappa shape index (κ1) is 25.3. The van der Waals surface area contributed by atoms with Crippen LogP contribution in [0.3, 0.4) is 0 Å². The number of guanidine groups is 1. The number of nitrogens with zero attached hydrogens (tertiary/aromatic N) is 2. The van der Waals surface area contributed by atoms with Crippen molar-refractivity contribution in [1.29, 1.82) is 0 Å². The number of likely N-dealkylation sites (tertiary alicyclic amines) is 1. The number of hydrogen-bond acceptors (Lipinski definition) is 4. The number of halogens is 2. The lowest BCUT2D eigenvalue weighted by molar-refractivity contribution is 0.00990. The summed E-state index contributed by atoms with van der Waals surface area (Å²) in [4.78, 5) is 7.01. The van der Waals surface area contributed by atoms with Crippen LogP contribution in [0.15, 0.2) is 29.3 Å². The van der Waals surface area contributed by atoms with Gasteiger partial charge < -0.3 is 24.4 Å². The number of piperidine rings is 1. The highest BCUT2D eigenvalue weighted by atomic mass is 127. The van der Waals surface area contributed by atoms with E-state index in [4.69, 9.17) is 30.8 Å². The molecule has 1 heterocycles. The quantitative estimate of drug-likeness (QED) is 0.218. The Morgan fingerprint density at radius 2 is 2.04 bits per heavy atom. The predicted molar refractivity (Wildman–Crippen MR) is 125 cm³/mol. The van der Waals surface area contributed by atoms with E-state index in [1.165, 1.54) is 0 Å². The second kappa shape index (κ2) is 15.1. The maximum absolute atomic E-state index is 5.97. The van der Waals surface area contributed by atoms with Gasteiger partial charge in [0.05, 0.1) is 12.6 Å². The van der Waals surface area contributed by atoms with Gasteiger partial charge in [-0.3, -0.25) is 0 Å². The van der Waals surface area contributed by atoms with Crippen LogP contribution < -0.4 is 10.1 Å². The van der Waals surface area contributed by atoms with Crippen molar-refractivity contribution in [2.24, 2.45) is 4.99 Å². The third kappa shape index (κ3) is 9.62. The molecule has 8 heteroatoms. The number of methoxy groups -OCH3 is 1. The van der Waals surface area contributed by atoms with Gasteiger partial charge in [-0.1, -0.05) is 17.7 Å². The van der Waals surface area contributed by atoms with Gasteiger partial charge in [0.15, 0.2) is 5.96 Å². The van der Waals surface area contributed by atoms with Crippen LogP contribution in [0.4, 0.5) is 0 Å². The second-order valence-corrected chi connectivity index (χ2v) is 6.88. The molecule has 2 rings (SSSR count). The van der Waals surface area contributed by atoms with E-state index in [1.807, 2.05) is 24.3 Å². The van der Waals surface area contributed by atoms with Gasteiger partial charge in [0.2, 0.25) is 0 Å². The zero-order chi connectivity index (χ0) is 19.3. The average Bonchev–Trinajstić information content (AvgIpc) is 2.68. The summed E-state index contributed by atoms with van der Waals surface area (Å²) in [7, 11) is 1.72. The monoisotopic (exact) mass is 525 g/mol. The third-order valence-corrected chi connectivity index (χ3v) is 4.58. The number of benzene rings is 1. The normalized spacial score (nSPS) is 15.2. The fraction of sp³-hybridized carbons (Fsp3) is 0.650. The average molecular weight is 526 g/mol. The lowest BCUT2D eigenvalue weighted by Crippen LogP contribution is -2.47. The molecule has 28 heavy (non-hydrogen) atoms. The fourth-order valence-corrected chi connectivity index (χ4v) is 3.17. The maximum Gasteiger partial charge on any atom is 0.194 e. The zero-order valence-corrected chi connectivity index (χ0v) is 19.9. The lowest BCUT2D eigenvalue weighted by Gasteiger charge is -2.34. The predicted octanol–water partition coefficient (Wildman–Crippen LogP) is 3.82. The molecule has 1 aliphatic heterocycles. The summed E-state index contributed by atoms with van der Waals surface area (Å²) in [6, 6.07) is 7.43. The molecule has 1 aliphatic rings. The van der Waals surface area contributed by atoms with E-state index in [-0.39, 0.29) is 24.0 Å². The SMILES string of the molecule is CCNC(=NCCOc1cccc(Cl)c1)N1CCC(OCCCOC)CC1.I. The van der Waals surface area contributed by atoms with Crippen LogP contribution in [-0.2, 0) is 9.47 Å². The molecule has 160 valence electrons. The topological polar surface area (TPSA) is 55.3 Å². The Labute approximate surface area is 191 Å². The summed E-state index contributed by atoms with van der Waals surface area (Å²) in [5, 5.41) is 4.05. The van der Waals surface area contributed by atoms with Gasteiger partial charge in [0.25, 0.3) is 0 Å². The molecule has 1 aromatic rings. The van der Waals surface area contributed by atoms with Crippen LogP contribution in [0.25, 0.3) is 0 Å². The molecule has 0 spiro atoms. The van der Waals surface area contributed by atoms with Crippen molar-refractivity contribution in [2.75, 3.05) is 53.1 Å². The first-order valence-corrected chi connectivity index (χ1v) is 10.1. The lowest BCUT2D eigenvalue weighted by atomic mass is 10.1. The van der Waals surface area contributed by atoms with Crippen molar-refractivity contribution in [2.45, 2.75) is 32.3 Å². The molecular weight excluding hydrogens is 493 g/mol. The highest BCUT2D eigenvalue weighted by molar-refractivity contribution is 14.0. The zero-order valence-electron chi connectivity index (χ0n) is 16.9. The van der Waals surface area contributed by atoms with Gasteiger partial charge in [-0.25, -0.2) is 4.99 Å². The molecule has 0 saturated carbocycles. The summed E-state index contributed by atoms with van der Waals surface area (Å²) in [6.45, 7) is 7.49. The molecule has 0 aliphatic carbocycles. The van der Waals surface area contributed by atoms with Crippen LogP contribution in [-0.4, -0.2) is 70.1 Å². The van der Waals surface area contributed by atoms with Crippen LogP contribution in [0.2, 0.25) is 5.02 Å². The minimum Gasteiger partial charge on any atom is -0.492 e. The van der Waals surface area contributed by atoms with Gasteiger partial charge in [0.1, 0.15) is 12.4 Å². The van der Waals surface area contributed by atoms with Gasteiger partial charge in [-0.05, 0) is 44.4 Å².